The van der Waals surface area contributed by atoms with E-state index in [-0.39, 0.29) is 31.4 Å². The fourth-order valence-corrected chi connectivity index (χ4v) is 4.06. The Labute approximate surface area is 193 Å². The van der Waals surface area contributed by atoms with Gasteiger partial charge in [-0.3, -0.25) is 4.79 Å². The Balaban J connectivity index is 1.59. The monoisotopic (exact) mass is 454 g/mol. The first-order chi connectivity index (χ1) is 15.8. The molecule has 2 atom stereocenters. The highest BCUT2D eigenvalue weighted by molar-refractivity contribution is 5.85. The third kappa shape index (κ3) is 6.10. The molecule has 0 aromatic heterocycles. The van der Waals surface area contributed by atoms with Crippen molar-refractivity contribution in [3.05, 3.63) is 59.7 Å². The number of nitrogens with one attached hydrogen (secondary N) is 2. The third-order valence-corrected chi connectivity index (χ3v) is 5.66. The van der Waals surface area contributed by atoms with Gasteiger partial charge in [-0.05, 0) is 34.6 Å². The highest BCUT2D eigenvalue weighted by Gasteiger charge is 2.30. The predicted octanol–water partition coefficient (Wildman–Crippen LogP) is 2.89. The predicted molar refractivity (Wildman–Crippen MR) is 123 cm³/mol. The van der Waals surface area contributed by atoms with E-state index in [0.29, 0.717) is 6.42 Å². The number of alkyl carbamates (subject to hydrolysis) is 1. The van der Waals surface area contributed by atoms with Gasteiger partial charge in [0.05, 0.1) is 0 Å². The lowest BCUT2D eigenvalue weighted by Gasteiger charge is -2.21. The summed E-state index contributed by atoms with van der Waals surface area (Å²) in [5, 5.41) is 23.3. The van der Waals surface area contributed by atoms with Crippen molar-refractivity contribution < 1.29 is 29.3 Å². The van der Waals surface area contributed by atoms with Crippen molar-refractivity contribution in [2.75, 3.05) is 13.2 Å². The molecule has 0 radical (unpaired) electrons. The van der Waals surface area contributed by atoms with Crippen LogP contribution >= 0.6 is 0 Å². The number of carbonyl (C=O) groups excluding carboxylic acids is 2. The van der Waals surface area contributed by atoms with Gasteiger partial charge in [0.2, 0.25) is 5.91 Å². The molecule has 0 saturated heterocycles. The van der Waals surface area contributed by atoms with Crippen LogP contribution in [0, 0.1) is 5.92 Å². The molecule has 2 aromatic rings. The molecule has 0 saturated carbocycles. The van der Waals surface area contributed by atoms with Crippen LogP contribution in [0.15, 0.2) is 48.5 Å². The lowest BCUT2D eigenvalue weighted by atomic mass is 9.98. The lowest BCUT2D eigenvalue weighted by Crippen LogP contribution is -2.48. The van der Waals surface area contributed by atoms with Gasteiger partial charge in [-0.25, -0.2) is 9.59 Å². The molecule has 0 aliphatic heterocycles. The van der Waals surface area contributed by atoms with Crippen molar-refractivity contribution in [1.29, 1.82) is 0 Å². The fourth-order valence-electron chi connectivity index (χ4n) is 4.06. The van der Waals surface area contributed by atoms with Gasteiger partial charge in [0.1, 0.15) is 12.6 Å². The van der Waals surface area contributed by atoms with Crippen LogP contribution in [-0.2, 0) is 14.3 Å². The normalized spacial score (nSPS) is 14.2. The quantitative estimate of drug-likeness (QED) is 0.438. The van der Waals surface area contributed by atoms with E-state index < -0.39 is 30.1 Å². The van der Waals surface area contributed by atoms with Crippen LogP contribution in [-0.4, -0.2) is 53.5 Å². The molecular formula is C25H30N2O6. The zero-order valence-corrected chi connectivity index (χ0v) is 18.8. The molecule has 0 fully saturated rings. The molecule has 3 rings (SSSR count). The summed E-state index contributed by atoms with van der Waals surface area (Å²) in [5.41, 5.74) is 4.45. The van der Waals surface area contributed by atoms with Gasteiger partial charge in [0.15, 0.2) is 6.10 Å². The topological polar surface area (TPSA) is 125 Å². The third-order valence-electron chi connectivity index (χ3n) is 5.66. The van der Waals surface area contributed by atoms with E-state index >= 15 is 0 Å². The number of aliphatic carboxylic acids is 1. The number of carboxylic acid groups (broad SMARTS) is 1. The smallest absolute Gasteiger partial charge is 0.407 e. The molecule has 0 heterocycles. The summed E-state index contributed by atoms with van der Waals surface area (Å²) in [7, 11) is 0. The first kappa shape index (κ1) is 24.3. The average molecular weight is 455 g/mol. The molecule has 8 heteroatoms. The number of amides is 2. The van der Waals surface area contributed by atoms with E-state index in [1.807, 2.05) is 50.2 Å². The van der Waals surface area contributed by atoms with Crippen LogP contribution in [0.3, 0.4) is 0 Å². The van der Waals surface area contributed by atoms with Crippen LogP contribution < -0.4 is 10.6 Å². The molecule has 2 amide bonds. The van der Waals surface area contributed by atoms with Crippen molar-refractivity contribution in [2.24, 2.45) is 5.92 Å². The van der Waals surface area contributed by atoms with E-state index in [2.05, 4.69) is 22.8 Å². The molecule has 1 aliphatic rings. The van der Waals surface area contributed by atoms with Crippen molar-refractivity contribution in [2.45, 2.75) is 44.8 Å². The number of carbonyl (C=O) groups is 3. The zero-order chi connectivity index (χ0) is 24.0. The number of aliphatic hydroxyl groups is 1. The van der Waals surface area contributed by atoms with E-state index in [1.165, 1.54) is 0 Å². The maximum atomic E-state index is 12.6. The van der Waals surface area contributed by atoms with Crippen molar-refractivity contribution in [1.82, 2.24) is 10.6 Å². The van der Waals surface area contributed by atoms with Gasteiger partial charge in [0.25, 0.3) is 0 Å². The Hall–Kier alpha value is -3.39. The highest BCUT2D eigenvalue weighted by atomic mass is 16.5. The number of aliphatic hydroxyl groups excluding tert-OH is 1. The van der Waals surface area contributed by atoms with Crippen LogP contribution in [0.2, 0.25) is 0 Å². The van der Waals surface area contributed by atoms with Gasteiger partial charge in [0, 0.05) is 18.9 Å². The Morgan fingerprint density at radius 1 is 1.00 bits per heavy atom. The molecule has 1 unspecified atom stereocenters. The summed E-state index contributed by atoms with van der Waals surface area (Å²) in [6.07, 6.45) is -1.98. The summed E-state index contributed by atoms with van der Waals surface area (Å²) >= 11 is 0. The minimum absolute atomic E-state index is 0.0206. The first-order valence-corrected chi connectivity index (χ1v) is 11.1. The molecule has 176 valence electrons. The molecule has 0 bridgehead atoms. The summed E-state index contributed by atoms with van der Waals surface area (Å²) < 4.78 is 5.53. The summed E-state index contributed by atoms with van der Waals surface area (Å²) in [5.74, 6) is -1.76. The van der Waals surface area contributed by atoms with E-state index in [1.54, 1.807) is 0 Å². The van der Waals surface area contributed by atoms with Crippen LogP contribution in [0.4, 0.5) is 4.79 Å². The number of ether oxygens (including phenoxy) is 1. The maximum Gasteiger partial charge on any atom is 0.407 e. The van der Waals surface area contributed by atoms with Gasteiger partial charge in [-0.1, -0.05) is 62.4 Å². The fraction of sp³-hybridized carbons (Fsp3) is 0.400. The number of hydrogen-bond donors (Lipinski definition) is 4. The van der Waals surface area contributed by atoms with Gasteiger partial charge < -0.3 is 25.6 Å². The number of hydrogen-bond acceptors (Lipinski definition) is 5. The minimum Gasteiger partial charge on any atom is -0.479 e. The van der Waals surface area contributed by atoms with Crippen molar-refractivity contribution >= 4 is 18.0 Å². The first-order valence-electron chi connectivity index (χ1n) is 11.1. The molecule has 33 heavy (non-hydrogen) atoms. The summed E-state index contributed by atoms with van der Waals surface area (Å²) in [4.78, 5) is 35.8. The van der Waals surface area contributed by atoms with Gasteiger partial charge >= 0.3 is 12.1 Å². The second kappa shape index (κ2) is 11.0. The number of benzene rings is 2. The number of rotatable bonds is 10. The van der Waals surface area contributed by atoms with Crippen molar-refractivity contribution in [3.8, 4) is 11.1 Å². The second-order valence-electron chi connectivity index (χ2n) is 8.59. The Morgan fingerprint density at radius 2 is 1.58 bits per heavy atom. The van der Waals surface area contributed by atoms with E-state index in [0.717, 1.165) is 22.3 Å². The van der Waals surface area contributed by atoms with Gasteiger partial charge in [-0.15, -0.1) is 0 Å². The standard InChI is InChI=1S/C25H30N2O6/c1-15(2)13-21(23(29)26-12-11-22(28)24(30)31)27-25(32)33-14-20-18-9-5-3-7-16(18)17-8-4-6-10-19(17)20/h3-10,15,20-22,28H,11-14H2,1-2H3,(H,26,29)(H,27,32)(H,30,31)/t21?,22-/m0/s1. The molecule has 0 spiro atoms. The van der Waals surface area contributed by atoms with Crippen molar-refractivity contribution in [3.63, 3.8) is 0 Å². The molecule has 8 nitrogen and oxygen atoms in total. The Bertz CT molecular complexity index is 960. The SMILES string of the molecule is CC(C)CC(NC(=O)OCC1c2ccccc2-c2ccccc21)C(=O)NCC[C@H](O)C(=O)O. The van der Waals surface area contributed by atoms with Crippen LogP contribution in [0.1, 0.15) is 43.7 Å². The molecule has 4 N–H and O–H groups in total. The van der Waals surface area contributed by atoms with Crippen LogP contribution in [0.25, 0.3) is 11.1 Å². The maximum absolute atomic E-state index is 12.6. The minimum atomic E-state index is -1.55. The van der Waals surface area contributed by atoms with Gasteiger partial charge in [-0.2, -0.15) is 0 Å². The van der Waals surface area contributed by atoms with E-state index in [9.17, 15) is 19.5 Å². The Kier molecular flexibility index (Phi) is 8.06. The summed E-state index contributed by atoms with van der Waals surface area (Å²) in [6.45, 7) is 3.97. The molecular weight excluding hydrogens is 424 g/mol. The Morgan fingerprint density at radius 3 is 2.12 bits per heavy atom. The van der Waals surface area contributed by atoms with E-state index in [4.69, 9.17) is 9.84 Å². The second-order valence-corrected chi connectivity index (χ2v) is 8.59. The summed E-state index contributed by atoms with van der Waals surface area (Å²) in [6, 6.07) is 15.2. The number of fused-ring (bicyclic) bond motifs is 3. The highest BCUT2D eigenvalue weighted by Crippen LogP contribution is 2.44. The van der Waals surface area contributed by atoms with Crippen LogP contribution in [0.5, 0.6) is 0 Å². The lowest BCUT2D eigenvalue weighted by molar-refractivity contribution is -0.147. The molecule has 2 aromatic carbocycles. The zero-order valence-electron chi connectivity index (χ0n) is 18.8. The largest absolute Gasteiger partial charge is 0.479 e. The molecule has 1 aliphatic carbocycles. The number of carboxylic acids is 1. The average Bonchev–Trinajstić information content (AvgIpc) is 3.10.